The monoisotopic (exact) mass is 444 g/mol. The van der Waals surface area contributed by atoms with Crippen molar-refractivity contribution in [2.45, 2.75) is 52.9 Å². The first-order valence-electron chi connectivity index (χ1n) is 10.7. The summed E-state index contributed by atoms with van der Waals surface area (Å²) in [7, 11) is 0. The minimum atomic E-state index is -0.223. The number of thiophene rings is 1. The van der Waals surface area contributed by atoms with Crippen LogP contribution >= 0.6 is 22.9 Å². The highest BCUT2D eigenvalue weighted by atomic mass is 35.5. The molecule has 0 radical (unpaired) electrons. The van der Waals surface area contributed by atoms with Crippen LogP contribution in [0.5, 0.6) is 0 Å². The molecule has 160 valence electrons. The number of benzene rings is 1. The average Bonchev–Trinajstić information content (AvgIpc) is 3.34. The fourth-order valence-corrected chi connectivity index (χ4v) is 6.03. The van der Waals surface area contributed by atoms with Crippen molar-refractivity contribution in [1.82, 2.24) is 4.90 Å². The van der Waals surface area contributed by atoms with Gasteiger partial charge in [-0.2, -0.15) is 0 Å². The molecular weight excluding hydrogens is 416 g/mol. The van der Waals surface area contributed by atoms with Crippen LogP contribution in [0.3, 0.4) is 0 Å². The van der Waals surface area contributed by atoms with Gasteiger partial charge in [-0.3, -0.25) is 9.59 Å². The van der Waals surface area contributed by atoms with Crippen molar-refractivity contribution in [3.63, 3.8) is 0 Å². The Bertz CT molecular complexity index is 970. The molecule has 30 heavy (non-hydrogen) atoms. The average molecular weight is 445 g/mol. The molecule has 2 aliphatic rings. The molecule has 0 spiro atoms. The molecule has 1 N–H and O–H groups in total. The van der Waals surface area contributed by atoms with Crippen LogP contribution in [0.2, 0.25) is 5.02 Å². The smallest absolute Gasteiger partial charge is 0.257 e. The fraction of sp³-hybridized carbons (Fsp3) is 0.500. The number of rotatable bonds is 3. The van der Waals surface area contributed by atoms with E-state index in [9.17, 15) is 9.59 Å². The molecule has 1 saturated heterocycles. The molecule has 6 heteroatoms. The van der Waals surface area contributed by atoms with Crippen molar-refractivity contribution >= 4 is 39.8 Å². The van der Waals surface area contributed by atoms with Crippen LogP contribution in [0.1, 0.15) is 71.2 Å². The van der Waals surface area contributed by atoms with Crippen LogP contribution < -0.4 is 5.32 Å². The summed E-state index contributed by atoms with van der Waals surface area (Å²) in [5.74, 6) is 0.425. The van der Waals surface area contributed by atoms with Gasteiger partial charge >= 0.3 is 0 Å². The van der Waals surface area contributed by atoms with Gasteiger partial charge in [0.2, 0.25) is 0 Å². The summed E-state index contributed by atoms with van der Waals surface area (Å²) in [6.45, 7) is 8.46. The zero-order valence-corrected chi connectivity index (χ0v) is 19.5. The molecule has 4 rings (SSSR count). The van der Waals surface area contributed by atoms with E-state index in [1.807, 2.05) is 4.90 Å². The van der Waals surface area contributed by atoms with Gasteiger partial charge in [0, 0.05) is 28.6 Å². The summed E-state index contributed by atoms with van der Waals surface area (Å²) in [5, 5.41) is 4.26. The van der Waals surface area contributed by atoms with E-state index in [1.54, 1.807) is 35.6 Å². The zero-order chi connectivity index (χ0) is 21.5. The molecule has 4 nitrogen and oxygen atoms in total. The number of carbonyl (C=O) groups is 2. The van der Waals surface area contributed by atoms with Gasteiger partial charge in [-0.25, -0.2) is 0 Å². The second-order valence-electron chi connectivity index (χ2n) is 9.48. The highest BCUT2D eigenvalue weighted by Crippen LogP contribution is 2.45. The van der Waals surface area contributed by atoms with E-state index in [1.165, 1.54) is 4.88 Å². The lowest BCUT2D eigenvalue weighted by Gasteiger charge is -2.34. The topological polar surface area (TPSA) is 49.4 Å². The first kappa shape index (κ1) is 21.4. The molecule has 0 unspecified atom stereocenters. The number of hydrogen-bond donors (Lipinski definition) is 1. The molecule has 2 heterocycles. The predicted octanol–water partition coefficient (Wildman–Crippen LogP) is 6.04. The molecule has 2 aromatic rings. The number of nitrogens with zero attached hydrogens (tertiary/aromatic N) is 1. The Morgan fingerprint density at radius 2 is 1.93 bits per heavy atom. The minimum absolute atomic E-state index is 0.0700. The first-order valence-corrected chi connectivity index (χ1v) is 11.9. The van der Waals surface area contributed by atoms with E-state index < -0.39 is 0 Å². The molecule has 1 atom stereocenters. The number of hydrogen-bond acceptors (Lipinski definition) is 3. The lowest BCUT2D eigenvalue weighted by atomic mass is 9.72. The van der Waals surface area contributed by atoms with Crippen molar-refractivity contribution in [2.24, 2.45) is 11.3 Å². The number of fused-ring (bicyclic) bond motifs is 1. The van der Waals surface area contributed by atoms with Crippen molar-refractivity contribution in [2.75, 3.05) is 18.4 Å². The zero-order valence-electron chi connectivity index (χ0n) is 17.9. The molecule has 1 aliphatic carbocycles. The minimum Gasteiger partial charge on any atom is -0.339 e. The summed E-state index contributed by atoms with van der Waals surface area (Å²) in [6.07, 6.45) is 5.05. The van der Waals surface area contributed by atoms with E-state index in [0.29, 0.717) is 21.5 Å². The van der Waals surface area contributed by atoms with E-state index in [4.69, 9.17) is 11.6 Å². The van der Waals surface area contributed by atoms with Crippen LogP contribution in [0.4, 0.5) is 5.00 Å². The van der Waals surface area contributed by atoms with Gasteiger partial charge in [-0.15, -0.1) is 11.3 Å². The number of amides is 2. The maximum absolute atomic E-state index is 13.4. The summed E-state index contributed by atoms with van der Waals surface area (Å²) in [6, 6.07) is 6.91. The van der Waals surface area contributed by atoms with Gasteiger partial charge in [0.1, 0.15) is 5.00 Å². The van der Waals surface area contributed by atoms with Gasteiger partial charge in [-0.05, 0) is 67.2 Å². The van der Waals surface area contributed by atoms with Gasteiger partial charge in [0.25, 0.3) is 11.8 Å². The molecule has 1 aromatic carbocycles. The Kier molecular flexibility index (Phi) is 5.95. The van der Waals surface area contributed by atoms with Crippen LogP contribution in [0.25, 0.3) is 0 Å². The quantitative estimate of drug-likeness (QED) is 0.627. The van der Waals surface area contributed by atoms with Crippen molar-refractivity contribution in [1.29, 1.82) is 0 Å². The van der Waals surface area contributed by atoms with E-state index in [0.717, 1.165) is 56.3 Å². The molecule has 1 fully saturated rings. The summed E-state index contributed by atoms with van der Waals surface area (Å²) in [4.78, 5) is 29.5. The number of anilines is 1. The fourth-order valence-electron chi connectivity index (χ4n) is 4.52. The molecule has 0 bridgehead atoms. The summed E-state index contributed by atoms with van der Waals surface area (Å²) in [5.41, 5.74) is 2.60. The Hall–Kier alpha value is -1.85. The SMILES string of the molecule is CC(C)(C)[C@H]1CCc2c(sc(NC(=O)c3cccc(Cl)c3)c2C(=O)N2CCCC2)C1. The van der Waals surface area contributed by atoms with Crippen LogP contribution in [0, 0.1) is 11.3 Å². The summed E-state index contributed by atoms with van der Waals surface area (Å²) < 4.78 is 0. The van der Waals surface area contributed by atoms with Crippen LogP contribution in [0.15, 0.2) is 24.3 Å². The van der Waals surface area contributed by atoms with Gasteiger partial charge in [-0.1, -0.05) is 38.4 Å². The number of halogens is 1. The van der Waals surface area contributed by atoms with Crippen molar-refractivity contribution in [3.05, 3.63) is 50.9 Å². The van der Waals surface area contributed by atoms with Gasteiger partial charge in [0.15, 0.2) is 0 Å². The number of nitrogens with one attached hydrogen (secondary N) is 1. The molecule has 2 amide bonds. The van der Waals surface area contributed by atoms with Gasteiger partial charge < -0.3 is 10.2 Å². The Morgan fingerprint density at radius 3 is 2.60 bits per heavy atom. The molecule has 1 aliphatic heterocycles. The largest absolute Gasteiger partial charge is 0.339 e. The third kappa shape index (κ3) is 4.28. The van der Waals surface area contributed by atoms with E-state index in [2.05, 4.69) is 26.1 Å². The summed E-state index contributed by atoms with van der Waals surface area (Å²) >= 11 is 7.65. The lowest BCUT2D eigenvalue weighted by molar-refractivity contribution is 0.0792. The third-order valence-corrected chi connectivity index (χ3v) is 7.82. The Balaban J connectivity index is 1.69. The predicted molar refractivity (Wildman–Crippen MR) is 124 cm³/mol. The Labute approximate surface area is 187 Å². The maximum Gasteiger partial charge on any atom is 0.257 e. The molecule has 0 saturated carbocycles. The third-order valence-electron chi connectivity index (χ3n) is 6.41. The molecular formula is C24H29ClN2O2S. The van der Waals surface area contributed by atoms with Crippen LogP contribution in [-0.4, -0.2) is 29.8 Å². The standard InChI is InChI=1S/C24H29ClN2O2S/c1-24(2,3)16-9-10-18-19(14-16)30-22(20(18)23(29)27-11-4-5-12-27)26-21(28)15-7-6-8-17(25)13-15/h6-8,13,16H,4-5,9-12,14H2,1-3H3,(H,26,28)/t16-/m0/s1. The van der Waals surface area contributed by atoms with Crippen LogP contribution in [-0.2, 0) is 12.8 Å². The normalized spacial score (nSPS) is 18.9. The number of carbonyl (C=O) groups excluding carboxylic acids is 2. The van der Waals surface area contributed by atoms with Gasteiger partial charge in [0.05, 0.1) is 5.56 Å². The highest BCUT2D eigenvalue weighted by Gasteiger charge is 2.35. The molecule has 1 aromatic heterocycles. The first-order chi connectivity index (χ1) is 14.2. The lowest BCUT2D eigenvalue weighted by Crippen LogP contribution is -2.30. The van der Waals surface area contributed by atoms with E-state index >= 15 is 0 Å². The van der Waals surface area contributed by atoms with Crippen molar-refractivity contribution < 1.29 is 9.59 Å². The number of likely N-dealkylation sites (tertiary alicyclic amines) is 1. The van der Waals surface area contributed by atoms with Crippen molar-refractivity contribution in [3.8, 4) is 0 Å². The second kappa shape index (κ2) is 8.35. The van der Waals surface area contributed by atoms with E-state index in [-0.39, 0.29) is 17.2 Å². The maximum atomic E-state index is 13.4. The second-order valence-corrected chi connectivity index (χ2v) is 11.0. The highest BCUT2D eigenvalue weighted by molar-refractivity contribution is 7.17. The Morgan fingerprint density at radius 1 is 1.20 bits per heavy atom.